The topological polar surface area (TPSA) is 77.1 Å². The Morgan fingerprint density at radius 1 is 0.659 bits per heavy atom. The van der Waals surface area contributed by atoms with Crippen LogP contribution in [0.25, 0.3) is 22.5 Å². The molecule has 0 saturated carbocycles. The lowest BCUT2D eigenvalue weighted by atomic mass is 9.93. The zero-order valence-electron chi connectivity index (χ0n) is 26.0. The van der Waals surface area contributed by atoms with Gasteiger partial charge in [-0.3, -0.25) is 19.3 Å². The molecular formula is C36H43N5O3. The molecule has 3 amide bonds. The third kappa shape index (κ3) is 6.70. The van der Waals surface area contributed by atoms with E-state index in [0.717, 1.165) is 74.4 Å². The highest BCUT2D eigenvalue weighted by atomic mass is 16.2. The van der Waals surface area contributed by atoms with E-state index in [4.69, 9.17) is 4.98 Å². The molecule has 0 N–H and O–H groups in total. The van der Waals surface area contributed by atoms with Gasteiger partial charge < -0.3 is 14.7 Å². The summed E-state index contributed by atoms with van der Waals surface area (Å²) < 4.78 is 0. The highest BCUT2D eigenvalue weighted by Crippen LogP contribution is 2.28. The number of carbonyl (C=O) groups is 3. The van der Waals surface area contributed by atoms with Crippen molar-refractivity contribution in [1.82, 2.24) is 24.6 Å². The first-order valence-corrected chi connectivity index (χ1v) is 16.1. The van der Waals surface area contributed by atoms with Gasteiger partial charge in [0, 0.05) is 87.9 Å². The van der Waals surface area contributed by atoms with Crippen LogP contribution in [0.4, 0.5) is 0 Å². The molecule has 0 aliphatic carbocycles. The van der Waals surface area contributed by atoms with Crippen molar-refractivity contribution < 1.29 is 14.4 Å². The number of hydrogen-bond donors (Lipinski definition) is 0. The molecule has 2 aromatic carbocycles. The Morgan fingerprint density at radius 2 is 1.23 bits per heavy atom. The SMILES string of the molecule is CC(=O)N1CCC(C(=O)N2CCC(N3CCN(C(=O)c4cc(-c5ccccc5)nc(-c5ccc(C)cc5)c4)CC3)CC2)CC1. The molecule has 3 aromatic rings. The summed E-state index contributed by atoms with van der Waals surface area (Å²) in [5, 5.41) is 0. The predicted molar refractivity (Wildman–Crippen MR) is 172 cm³/mol. The van der Waals surface area contributed by atoms with Gasteiger partial charge in [0.15, 0.2) is 0 Å². The zero-order chi connectivity index (χ0) is 30.6. The lowest BCUT2D eigenvalue weighted by molar-refractivity contribution is -0.141. The number of benzene rings is 2. The van der Waals surface area contributed by atoms with Gasteiger partial charge in [0.25, 0.3) is 5.91 Å². The predicted octanol–water partition coefficient (Wildman–Crippen LogP) is 4.73. The third-order valence-corrected chi connectivity index (χ3v) is 9.67. The Bertz CT molecular complexity index is 1470. The summed E-state index contributed by atoms with van der Waals surface area (Å²) in [5.41, 5.74) is 5.45. The van der Waals surface area contributed by atoms with E-state index in [-0.39, 0.29) is 23.6 Å². The van der Waals surface area contributed by atoms with Gasteiger partial charge in [-0.15, -0.1) is 0 Å². The minimum Gasteiger partial charge on any atom is -0.343 e. The van der Waals surface area contributed by atoms with Gasteiger partial charge >= 0.3 is 0 Å². The average Bonchev–Trinajstić information content (AvgIpc) is 3.08. The molecule has 3 aliphatic rings. The van der Waals surface area contributed by atoms with E-state index in [9.17, 15) is 14.4 Å². The Labute approximate surface area is 260 Å². The lowest BCUT2D eigenvalue weighted by Gasteiger charge is -2.43. The minimum absolute atomic E-state index is 0.0406. The molecule has 0 bridgehead atoms. The van der Waals surface area contributed by atoms with Crippen LogP contribution < -0.4 is 0 Å². The fourth-order valence-electron chi connectivity index (χ4n) is 6.91. The molecule has 0 radical (unpaired) electrons. The largest absolute Gasteiger partial charge is 0.343 e. The molecule has 8 heteroatoms. The van der Waals surface area contributed by atoms with Crippen molar-refractivity contribution in [3.63, 3.8) is 0 Å². The number of rotatable bonds is 5. The monoisotopic (exact) mass is 593 g/mol. The fraction of sp³-hybridized carbons (Fsp3) is 0.444. The number of amides is 3. The molecule has 6 rings (SSSR count). The maximum Gasteiger partial charge on any atom is 0.254 e. The average molecular weight is 594 g/mol. The van der Waals surface area contributed by atoms with E-state index in [1.54, 1.807) is 6.92 Å². The van der Waals surface area contributed by atoms with Crippen LogP contribution in [0, 0.1) is 12.8 Å². The van der Waals surface area contributed by atoms with Gasteiger partial charge in [-0.05, 0) is 44.7 Å². The molecule has 3 fully saturated rings. The molecule has 44 heavy (non-hydrogen) atoms. The van der Waals surface area contributed by atoms with Gasteiger partial charge in [0.2, 0.25) is 11.8 Å². The van der Waals surface area contributed by atoms with Crippen LogP contribution in [0.2, 0.25) is 0 Å². The van der Waals surface area contributed by atoms with E-state index >= 15 is 0 Å². The fourth-order valence-corrected chi connectivity index (χ4v) is 6.91. The quantitative estimate of drug-likeness (QED) is 0.428. The van der Waals surface area contributed by atoms with Crippen molar-refractivity contribution in [3.05, 3.63) is 77.9 Å². The van der Waals surface area contributed by atoms with E-state index in [1.165, 1.54) is 5.56 Å². The molecule has 3 saturated heterocycles. The summed E-state index contributed by atoms with van der Waals surface area (Å²) in [4.78, 5) is 52.0. The van der Waals surface area contributed by atoms with Crippen LogP contribution in [0.3, 0.4) is 0 Å². The van der Waals surface area contributed by atoms with Crippen LogP contribution in [-0.2, 0) is 9.59 Å². The summed E-state index contributed by atoms with van der Waals surface area (Å²) in [6, 6.07) is 22.6. The van der Waals surface area contributed by atoms with Crippen molar-refractivity contribution >= 4 is 17.7 Å². The van der Waals surface area contributed by atoms with E-state index in [0.29, 0.717) is 37.8 Å². The Kier molecular flexibility index (Phi) is 9.07. The van der Waals surface area contributed by atoms with Gasteiger partial charge in [0.1, 0.15) is 0 Å². The number of hydrogen-bond acceptors (Lipinski definition) is 5. The van der Waals surface area contributed by atoms with E-state index in [2.05, 4.69) is 36.1 Å². The molecule has 1 aromatic heterocycles. The second kappa shape index (κ2) is 13.3. The summed E-state index contributed by atoms with van der Waals surface area (Å²) >= 11 is 0. The first-order valence-electron chi connectivity index (χ1n) is 16.1. The molecule has 0 spiro atoms. The van der Waals surface area contributed by atoms with Crippen molar-refractivity contribution in [1.29, 1.82) is 0 Å². The molecule has 0 atom stereocenters. The van der Waals surface area contributed by atoms with Crippen molar-refractivity contribution in [2.24, 2.45) is 5.92 Å². The van der Waals surface area contributed by atoms with Crippen LogP contribution in [0.15, 0.2) is 66.7 Å². The zero-order valence-corrected chi connectivity index (χ0v) is 26.0. The van der Waals surface area contributed by atoms with Crippen LogP contribution >= 0.6 is 0 Å². The number of aromatic nitrogens is 1. The number of piperazine rings is 1. The normalized spacial score (nSPS) is 18.8. The summed E-state index contributed by atoms with van der Waals surface area (Å²) in [5.74, 6) is 0.454. The number of likely N-dealkylation sites (tertiary alicyclic amines) is 2. The van der Waals surface area contributed by atoms with Crippen molar-refractivity contribution in [2.45, 2.75) is 45.6 Å². The highest BCUT2D eigenvalue weighted by molar-refractivity contribution is 5.96. The van der Waals surface area contributed by atoms with Crippen molar-refractivity contribution in [3.8, 4) is 22.5 Å². The Balaban J connectivity index is 1.06. The first kappa shape index (κ1) is 30.0. The van der Waals surface area contributed by atoms with Gasteiger partial charge in [-0.1, -0.05) is 60.2 Å². The molecule has 0 unspecified atom stereocenters. The van der Waals surface area contributed by atoms with Crippen molar-refractivity contribution in [2.75, 3.05) is 52.4 Å². The minimum atomic E-state index is 0.0406. The number of nitrogens with zero attached hydrogens (tertiary/aromatic N) is 5. The molecule has 3 aliphatic heterocycles. The number of aryl methyl sites for hydroxylation is 1. The molecular weight excluding hydrogens is 550 g/mol. The van der Waals surface area contributed by atoms with Gasteiger partial charge in [0.05, 0.1) is 11.4 Å². The maximum absolute atomic E-state index is 13.8. The first-order chi connectivity index (χ1) is 21.4. The van der Waals surface area contributed by atoms with Crippen LogP contribution in [-0.4, -0.2) is 101 Å². The van der Waals surface area contributed by atoms with Crippen LogP contribution in [0.1, 0.15) is 48.5 Å². The van der Waals surface area contributed by atoms with E-state index in [1.807, 2.05) is 57.2 Å². The second-order valence-electron chi connectivity index (χ2n) is 12.5. The maximum atomic E-state index is 13.8. The second-order valence-corrected chi connectivity index (χ2v) is 12.5. The van der Waals surface area contributed by atoms with Gasteiger partial charge in [-0.25, -0.2) is 4.98 Å². The standard InChI is InChI=1S/C36H43N5O3/c1-26-8-10-29(11-9-26)34-25-31(24-33(37-34)28-6-4-3-5-7-28)36(44)41-22-20-39(21-23-41)32-14-18-40(19-15-32)35(43)30-12-16-38(17-13-30)27(2)42/h3-11,24-25,30,32H,12-23H2,1-2H3. The van der Waals surface area contributed by atoms with Crippen LogP contribution in [0.5, 0.6) is 0 Å². The molecule has 4 heterocycles. The Hall–Kier alpha value is -4.04. The Morgan fingerprint density at radius 3 is 1.82 bits per heavy atom. The summed E-state index contributed by atoms with van der Waals surface area (Å²) in [7, 11) is 0. The number of piperidine rings is 2. The summed E-state index contributed by atoms with van der Waals surface area (Å²) in [6.45, 7) is 9.68. The number of carbonyl (C=O) groups excluding carboxylic acids is 3. The summed E-state index contributed by atoms with van der Waals surface area (Å²) in [6.07, 6.45) is 3.48. The van der Waals surface area contributed by atoms with E-state index < -0.39 is 0 Å². The lowest BCUT2D eigenvalue weighted by Crippen LogP contribution is -2.55. The van der Waals surface area contributed by atoms with Gasteiger partial charge in [-0.2, -0.15) is 0 Å². The molecule has 230 valence electrons. The third-order valence-electron chi connectivity index (χ3n) is 9.67. The highest BCUT2D eigenvalue weighted by Gasteiger charge is 2.34. The number of pyridine rings is 1. The smallest absolute Gasteiger partial charge is 0.254 e. The molecule has 8 nitrogen and oxygen atoms in total.